The van der Waals surface area contributed by atoms with Crippen LogP contribution in [0.25, 0.3) is 0 Å². The van der Waals surface area contributed by atoms with Gasteiger partial charge in [-0.3, -0.25) is 4.79 Å². The van der Waals surface area contributed by atoms with E-state index in [9.17, 15) is 35.5 Å². The normalized spacial score (nSPS) is 12.1. The topological polar surface area (TPSA) is 34.5 Å². The number of carbonyl (C=O) groups excluding carboxylic acids is 1. The number of nitrogens with zero attached hydrogens (tertiary/aromatic N) is 2. The molecule has 2 aromatic carbocycles. The van der Waals surface area contributed by atoms with Gasteiger partial charge in [0.25, 0.3) is 5.91 Å². The molecular weight excluding hydrogens is 493 g/mol. The van der Waals surface area contributed by atoms with Crippen LogP contribution in [0.15, 0.2) is 60.8 Å². The van der Waals surface area contributed by atoms with Gasteiger partial charge in [0.2, 0.25) is 0 Å². The van der Waals surface area contributed by atoms with Gasteiger partial charge in [-0.25, -0.2) is 4.39 Å². The van der Waals surface area contributed by atoms with Crippen LogP contribution in [-0.2, 0) is 30.2 Å². The van der Waals surface area contributed by atoms with Crippen LogP contribution < -0.4 is 0 Å². The van der Waals surface area contributed by atoms with E-state index in [0.29, 0.717) is 30.8 Å². The van der Waals surface area contributed by atoms with Crippen LogP contribution in [0.3, 0.4) is 0 Å². The van der Waals surface area contributed by atoms with E-state index in [2.05, 4.69) is 0 Å². The number of methoxy groups -OCH3 is 1. The van der Waals surface area contributed by atoms with Crippen molar-refractivity contribution in [3.63, 3.8) is 0 Å². The van der Waals surface area contributed by atoms with Crippen molar-refractivity contribution in [2.24, 2.45) is 0 Å². The van der Waals surface area contributed by atoms with Gasteiger partial charge in [0.05, 0.1) is 17.7 Å². The molecule has 0 radical (unpaired) electrons. The molecule has 1 amide bonds. The SMILES string of the molecule is COCCCN(Cc1cccn1Cc1ccc(F)cc1)C(=O)c1cc(C(F)(F)F)cc(C(F)(F)F)c1. The lowest BCUT2D eigenvalue weighted by Gasteiger charge is -2.25. The van der Waals surface area contributed by atoms with Crippen molar-refractivity contribution in [3.05, 3.63) is 94.6 Å². The molecule has 3 rings (SSSR count). The zero-order valence-corrected chi connectivity index (χ0v) is 19.2. The number of halogens is 7. The van der Waals surface area contributed by atoms with Crippen molar-refractivity contribution >= 4 is 5.91 Å². The standard InChI is InChI=1S/C25H23F7N2O2/c1-36-11-3-10-34(16-22-4-2-9-33(22)15-17-5-7-21(26)8-6-17)23(35)18-12-19(24(27,28)29)14-20(13-18)25(30,31)32/h2,4-9,12-14H,3,10-11,15-16H2,1H3. The summed E-state index contributed by atoms with van der Waals surface area (Å²) in [5.41, 5.74) is -2.48. The molecule has 194 valence electrons. The van der Waals surface area contributed by atoms with Gasteiger partial charge in [0.15, 0.2) is 0 Å². The van der Waals surface area contributed by atoms with Gasteiger partial charge in [0, 0.05) is 44.3 Å². The first kappa shape index (κ1) is 27.3. The first-order valence-corrected chi connectivity index (χ1v) is 10.8. The summed E-state index contributed by atoms with van der Waals surface area (Å²) in [4.78, 5) is 14.4. The minimum atomic E-state index is -5.07. The van der Waals surface area contributed by atoms with E-state index in [1.807, 2.05) is 0 Å². The molecule has 36 heavy (non-hydrogen) atoms. The van der Waals surface area contributed by atoms with Crippen LogP contribution in [0.5, 0.6) is 0 Å². The summed E-state index contributed by atoms with van der Waals surface area (Å²) < 4.78 is 99.8. The molecule has 1 aromatic heterocycles. The van der Waals surface area contributed by atoms with Crippen molar-refractivity contribution in [1.29, 1.82) is 0 Å². The minimum absolute atomic E-state index is 0.0140. The molecule has 0 bridgehead atoms. The van der Waals surface area contributed by atoms with E-state index in [1.54, 1.807) is 35.0 Å². The van der Waals surface area contributed by atoms with Crippen LogP contribution in [0, 0.1) is 5.82 Å². The molecule has 0 aliphatic carbocycles. The van der Waals surface area contributed by atoms with Crippen LogP contribution in [0.1, 0.15) is 39.2 Å². The van der Waals surface area contributed by atoms with Gasteiger partial charge >= 0.3 is 12.4 Å². The molecule has 0 atom stereocenters. The second-order valence-corrected chi connectivity index (χ2v) is 8.12. The second kappa shape index (κ2) is 11.2. The molecule has 4 nitrogen and oxygen atoms in total. The highest BCUT2D eigenvalue weighted by Gasteiger charge is 2.38. The molecule has 0 saturated heterocycles. The summed E-state index contributed by atoms with van der Waals surface area (Å²) in [6.45, 7) is 0.515. The van der Waals surface area contributed by atoms with E-state index in [4.69, 9.17) is 4.74 Å². The maximum Gasteiger partial charge on any atom is 0.416 e. The molecule has 0 aliphatic heterocycles. The third kappa shape index (κ3) is 7.09. The van der Waals surface area contributed by atoms with Crippen molar-refractivity contribution in [3.8, 4) is 0 Å². The number of amides is 1. The number of hydrogen-bond acceptors (Lipinski definition) is 2. The summed E-state index contributed by atoms with van der Waals surface area (Å²) >= 11 is 0. The van der Waals surface area contributed by atoms with Crippen molar-refractivity contribution in [1.82, 2.24) is 9.47 Å². The summed E-state index contributed by atoms with van der Waals surface area (Å²) in [5, 5.41) is 0. The molecule has 0 unspecified atom stereocenters. The van der Waals surface area contributed by atoms with Crippen LogP contribution in [-0.4, -0.2) is 35.6 Å². The predicted octanol–water partition coefficient (Wildman–Crippen LogP) is 6.39. The number of aromatic nitrogens is 1. The van der Waals surface area contributed by atoms with Gasteiger partial charge in [-0.1, -0.05) is 12.1 Å². The Morgan fingerprint density at radius 3 is 2.11 bits per heavy atom. The highest BCUT2D eigenvalue weighted by atomic mass is 19.4. The highest BCUT2D eigenvalue weighted by Crippen LogP contribution is 2.36. The summed E-state index contributed by atoms with van der Waals surface area (Å²) in [5.74, 6) is -1.38. The number of hydrogen-bond donors (Lipinski definition) is 0. The molecule has 0 aliphatic rings. The van der Waals surface area contributed by atoms with E-state index in [-0.39, 0.29) is 25.8 Å². The Balaban J connectivity index is 1.93. The lowest BCUT2D eigenvalue weighted by atomic mass is 10.0. The highest BCUT2D eigenvalue weighted by molar-refractivity contribution is 5.94. The Morgan fingerprint density at radius 2 is 1.56 bits per heavy atom. The average molecular weight is 516 g/mol. The maximum atomic E-state index is 13.3. The Bertz CT molecular complexity index is 1140. The smallest absolute Gasteiger partial charge is 0.385 e. The predicted molar refractivity (Wildman–Crippen MR) is 118 cm³/mol. The fraction of sp³-hybridized carbons (Fsp3) is 0.320. The summed E-state index contributed by atoms with van der Waals surface area (Å²) in [6.07, 6.45) is -8.11. The Kier molecular flexibility index (Phi) is 8.44. The van der Waals surface area contributed by atoms with Crippen LogP contribution in [0.4, 0.5) is 30.7 Å². The van der Waals surface area contributed by atoms with Gasteiger partial charge in [0.1, 0.15) is 5.82 Å². The molecule has 1 heterocycles. The van der Waals surface area contributed by atoms with E-state index in [0.717, 1.165) is 5.56 Å². The van der Waals surface area contributed by atoms with Gasteiger partial charge in [-0.05, 0) is 54.4 Å². The fourth-order valence-electron chi connectivity index (χ4n) is 3.64. The fourth-order valence-corrected chi connectivity index (χ4v) is 3.64. The third-order valence-electron chi connectivity index (χ3n) is 5.44. The Morgan fingerprint density at radius 1 is 0.944 bits per heavy atom. The number of rotatable bonds is 9. The zero-order chi connectivity index (χ0) is 26.5. The molecule has 3 aromatic rings. The lowest BCUT2D eigenvalue weighted by Crippen LogP contribution is -2.33. The Hall–Kier alpha value is -3.34. The quantitative estimate of drug-likeness (QED) is 0.244. The van der Waals surface area contributed by atoms with Gasteiger partial charge < -0.3 is 14.2 Å². The average Bonchev–Trinajstić information content (AvgIpc) is 3.24. The number of ether oxygens (including phenoxy) is 1. The van der Waals surface area contributed by atoms with E-state index < -0.39 is 40.8 Å². The maximum absolute atomic E-state index is 13.3. The largest absolute Gasteiger partial charge is 0.416 e. The molecule has 0 saturated carbocycles. The first-order valence-electron chi connectivity index (χ1n) is 10.8. The number of benzene rings is 2. The molecule has 0 N–H and O–H groups in total. The molecule has 0 spiro atoms. The zero-order valence-electron chi connectivity index (χ0n) is 19.2. The summed E-state index contributed by atoms with van der Waals surface area (Å²) in [6, 6.07) is 9.99. The summed E-state index contributed by atoms with van der Waals surface area (Å²) in [7, 11) is 1.43. The van der Waals surface area contributed by atoms with E-state index in [1.165, 1.54) is 24.1 Å². The van der Waals surface area contributed by atoms with Gasteiger partial charge in [-0.15, -0.1) is 0 Å². The molecule has 0 fully saturated rings. The minimum Gasteiger partial charge on any atom is -0.385 e. The molecule has 11 heteroatoms. The van der Waals surface area contributed by atoms with Gasteiger partial charge in [-0.2, -0.15) is 26.3 Å². The number of carbonyl (C=O) groups is 1. The second-order valence-electron chi connectivity index (χ2n) is 8.12. The van der Waals surface area contributed by atoms with Crippen molar-refractivity contribution < 1.29 is 40.3 Å². The Labute approximate surface area is 202 Å². The number of alkyl halides is 6. The third-order valence-corrected chi connectivity index (χ3v) is 5.44. The van der Waals surface area contributed by atoms with Crippen molar-refractivity contribution in [2.75, 3.05) is 20.3 Å². The van der Waals surface area contributed by atoms with Crippen LogP contribution >= 0.6 is 0 Å². The van der Waals surface area contributed by atoms with Crippen molar-refractivity contribution in [2.45, 2.75) is 31.9 Å². The molecular formula is C25H23F7N2O2. The monoisotopic (exact) mass is 516 g/mol. The van der Waals surface area contributed by atoms with Crippen LogP contribution in [0.2, 0.25) is 0 Å². The first-order chi connectivity index (χ1) is 16.9. The lowest BCUT2D eigenvalue weighted by molar-refractivity contribution is -0.143. The van der Waals surface area contributed by atoms with E-state index >= 15 is 0 Å².